The summed E-state index contributed by atoms with van der Waals surface area (Å²) in [5.74, 6) is 0. The molecule has 0 nitrogen and oxygen atoms in total. The molecule has 2 heterocycles. The molecule has 0 aliphatic carbocycles. The first-order valence-corrected chi connectivity index (χ1v) is 14.6. The van der Waals surface area contributed by atoms with Crippen molar-refractivity contribution in [1.82, 2.24) is 0 Å². The van der Waals surface area contributed by atoms with E-state index in [1.165, 1.54) is 17.7 Å². The van der Waals surface area contributed by atoms with E-state index in [9.17, 15) is 0 Å². The van der Waals surface area contributed by atoms with Crippen molar-refractivity contribution in [3.05, 3.63) is 70.8 Å². The molecule has 84 valence electrons. The first-order valence-electron chi connectivity index (χ1n) is 6.48. The maximum absolute atomic E-state index is 2.37. The first-order chi connectivity index (χ1) is 8.35. The Balaban J connectivity index is 1.72. The van der Waals surface area contributed by atoms with E-state index >= 15 is 0 Å². The fourth-order valence-electron chi connectivity index (χ4n) is 3.80. The van der Waals surface area contributed by atoms with Crippen LogP contribution in [-0.2, 0) is 17.7 Å². The Bertz CT molecular complexity index is 479. The summed E-state index contributed by atoms with van der Waals surface area (Å²) in [7, 11) is 0. The molecule has 0 unspecified atom stereocenters. The average Bonchev–Trinajstić information content (AvgIpc) is 2.87. The zero-order valence-electron chi connectivity index (χ0n) is 9.95. The summed E-state index contributed by atoms with van der Waals surface area (Å²) >= 11 is -1.89. The quantitative estimate of drug-likeness (QED) is 0.652. The molecule has 0 saturated heterocycles. The van der Waals surface area contributed by atoms with Crippen LogP contribution in [0.1, 0.15) is 22.3 Å². The normalized spacial score (nSPS) is 19.3. The van der Waals surface area contributed by atoms with Crippen molar-refractivity contribution in [2.24, 2.45) is 0 Å². The monoisotopic (exact) mass is 328 g/mol. The van der Waals surface area contributed by atoms with Gasteiger partial charge in [-0.1, -0.05) is 0 Å². The molecule has 2 aliphatic rings. The van der Waals surface area contributed by atoms with Gasteiger partial charge >= 0.3 is 107 Å². The van der Waals surface area contributed by atoms with Crippen LogP contribution in [0.5, 0.6) is 0 Å². The summed E-state index contributed by atoms with van der Waals surface area (Å²) in [5, 5.41) is 0. The van der Waals surface area contributed by atoms with Gasteiger partial charge in [-0.3, -0.25) is 0 Å². The summed E-state index contributed by atoms with van der Waals surface area (Å²) in [4.78, 5) is 0. The Morgan fingerprint density at radius 2 is 0.824 bits per heavy atom. The van der Waals surface area contributed by atoms with Crippen LogP contribution in [0.15, 0.2) is 48.5 Å². The fraction of sp³-hybridized carbons (Fsp3) is 0.250. The van der Waals surface area contributed by atoms with Crippen LogP contribution < -0.4 is 0 Å². The molecule has 4 rings (SSSR count). The maximum atomic E-state index is 2.37. The Hall–Kier alpha value is -0.761. The molecule has 1 heteroatoms. The number of fused-ring (bicyclic) bond motifs is 2. The van der Waals surface area contributed by atoms with E-state index in [4.69, 9.17) is 0 Å². The standard InChI is InChI=1S/2C8H8.Sn/c2*1-7-5-3-4-6-8(7)2;/h2*3-6H,1-2H2;. The molecular formula is C16H16Sn. The van der Waals surface area contributed by atoms with Crippen LogP contribution in [0.3, 0.4) is 0 Å². The van der Waals surface area contributed by atoms with Crippen molar-refractivity contribution in [3.63, 3.8) is 0 Å². The molecule has 0 atom stereocenters. The molecule has 0 radical (unpaired) electrons. The van der Waals surface area contributed by atoms with Crippen LogP contribution in [0.25, 0.3) is 0 Å². The zero-order valence-corrected chi connectivity index (χ0v) is 12.8. The van der Waals surface area contributed by atoms with Crippen molar-refractivity contribution in [2.75, 3.05) is 0 Å². The van der Waals surface area contributed by atoms with Gasteiger partial charge in [0.1, 0.15) is 0 Å². The predicted molar refractivity (Wildman–Crippen MR) is 73.5 cm³/mol. The summed E-state index contributed by atoms with van der Waals surface area (Å²) < 4.78 is 5.94. The van der Waals surface area contributed by atoms with Gasteiger partial charge in [0.15, 0.2) is 0 Å². The summed E-state index contributed by atoms with van der Waals surface area (Å²) in [5.41, 5.74) is 6.71. The Labute approximate surface area is 107 Å². The number of hydrogen-bond donors (Lipinski definition) is 0. The molecule has 0 N–H and O–H groups in total. The molecule has 2 aromatic carbocycles. The second kappa shape index (κ2) is 3.61. The van der Waals surface area contributed by atoms with Gasteiger partial charge in [-0.05, 0) is 0 Å². The number of rotatable bonds is 0. The first kappa shape index (κ1) is 10.2. The molecule has 2 aliphatic heterocycles. The molecule has 2 aromatic rings. The predicted octanol–water partition coefficient (Wildman–Crippen LogP) is 3.19. The summed E-state index contributed by atoms with van der Waals surface area (Å²) in [6.45, 7) is 0. The van der Waals surface area contributed by atoms with Crippen molar-refractivity contribution in [3.8, 4) is 0 Å². The van der Waals surface area contributed by atoms with Crippen LogP contribution in [0, 0.1) is 0 Å². The van der Waals surface area contributed by atoms with Gasteiger partial charge in [-0.15, -0.1) is 0 Å². The van der Waals surface area contributed by atoms with E-state index in [2.05, 4.69) is 48.5 Å². The summed E-state index contributed by atoms with van der Waals surface area (Å²) in [6, 6.07) is 18.3. The van der Waals surface area contributed by atoms with Gasteiger partial charge in [0.2, 0.25) is 0 Å². The number of hydrogen-bond acceptors (Lipinski definition) is 0. The molecule has 0 bridgehead atoms. The SMILES string of the molecule is c1ccc2c(c1)[CH2][Sn]1([CH2]2)[CH2]c2ccccc2[CH2]1. The fourth-order valence-corrected chi connectivity index (χ4v) is 19.1. The molecule has 0 aromatic heterocycles. The summed E-state index contributed by atoms with van der Waals surface area (Å²) in [6.07, 6.45) is 0. The minimum absolute atomic E-state index is 1.49. The van der Waals surface area contributed by atoms with Crippen molar-refractivity contribution < 1.29 is 0 Å². The molecule has 0 amide bonds. The van der Waals surface area contributed by atoms with Crippen molar-refractivity contribution >= 4 is 18.4 Å². The topological polar surface area (TPSA) is 0 Å². The number of benzene rings is 2. The minimum atomic E-state index is -1.89. The zero-order chi connectivity index (χ0) is 11.3. The molecule has 17 heavy (non-hydrogen) atoms. The van der Waals surface area contributed by atoms with Gasteiger partial charge in [-0.2, -0.15) is 0 Å². The Morgan fingerprint density at radius 3 is 1.12 bits per heavy atom. The van der Waals surface area contributed by atoms with Gasteiger partial charge in [-0.25, -0.2) is 0 Å². The van der Waals surface area contributed by atoms with E-state index in [1.54, 1.807) is 22.3 Å². The third kappa shape index (κ3) is 1.57. The van der Waals surface area contributed by atoms with Gasteiger partial charge in [0.05, 0.1) is 0 Å². The van der Waals surface area contributed by atoms with Gasteiger partial charge in [0.25, 0.3) is 0 Å². The van der Waals surface area contributed by atoms with Gasteiger partial charge in [0, 0.05) is 0 Å². The Kier molecular flexibility index (Phi) is 2.17. The van der Waals surface area contributed by atoms with Crippen LogP contribution in [-0.4, -0.2) is 18.4 Å². The van der Waals surface area contributed by atoms with Gasteiger partial charge < -0.3 is 0 Å². The third-order valence-electron chi connectivity index (χ3n) is 4.50. The van der Waals surface area contributed by atoms with E-state index in [0.29, 0.717) is 0 Å². The Morgan fingerprint density at radius 1 is 0.529 bits per heavy atom. The van der Waals surface area contributed by atoms with Crippen molar-refractivity contribution in [2.45, 2.75) is 17.7 Å². The molecule has 1 spiro atoms. The molecule has 0 saturated carbocycles. The van der Waals surface area contributed by atoms with E-state index in [0.717, 1.165) is 0 Å². The average molecular weight is 327 g/mol. The van der Waals surface area contributed by atoms with E-state index < -0.39 is 18.4 Å². The van der Waals surface area contributed by atoms with Crippen LogP contribution >= 0.6 is 0 Å². The molecular weight excluding hydrogens is 311 g/mol. The second-order valence-corrected chi connectivity index (χ2v) is 18.3. The van der Waals surface area contributed by atoms with Crippen LogP contribution in [0.4, 0.5) is 0 Å². The van der Waals surface area contributed by atoms with E-state index in [1.807, 2.05) is 0 Å². The van der Waals surface area contributed by atoms with Crippen molar-refractivity contribution in [1.29, 1.82) is 0 Å². The van der Waals surface area contributed by atoms with Crippen LogP contribution in [0.2, 0.25) is 0 Å². The molecule has 0 fully saturated rings. The third-order valence-corrected chi connectivity index (χ3v) is 17.4. The van der Waals surface area contributed by atoms with E-state index in [-0.39, 0.29) is 0 Å². The second-order valence-electron chi connectivity index (χ2n) is 5.74.